The van der Waals surface area contributed by atoms with Crippen LogP contribution in [0.25, 0.3) is 4.98 Å². The van der Waals surface area contributed by atoms with E-state index in [1.807, 2.05) is 0 Å². The highest BCUT2D eigenvalue weighted by atomic mass is 16.6. The molecular weight excluding hydrogens is 370 g/mol. The van der Waals surface area contributed by atoms with E-state index in [0.29, 0.717) is 5.56 Å². The number of nitrogens with one attached hydrogen (secondary N) is 1. The Morgan fingerprint density at radius 2 is 1.64 bits per heavy atom. The molecule has 0 aliphatic carbocycles. The summed E-state index contributed by atoms with van der Waals surface area (Å²) in [6.45, 7) is 4.28. The quantitative estimate of drug-likeness (QED) is 0.381. The summed E-state index contributed by atoms with van der Waals surface area (Å²) in [7, 11) is 2.74. The first-order chi connectivity index (χ1) is 13.3. The van der Waals surface area contributed by atoms with Crippen LogP contribution in [-0.4, -0.2) is 50.8 Å². The first-order valence-electron chi connectivity index (χ1n) is 8.52. The number of rotatable bonds is 9. The van der Waals surface area contributed by atoms with Gasteiger partial charge in [-0.05, 0) is 25.5 Å². The van der Waals surface area contributed by atoms with Gasteiger partial charge in [0.2, 0.25) is 16.8 Å². The van der Waals surface area contributed by atoms with Gasteiger partial charge in [0.25, 0.3) is 5.75 Å². The SMILES string of the molecule is CCOC(=O)C(Cc1cc([N+]#N)c(OC)c(OC)c1)(NC(C)=O)C(=O)OCC. The maximum Gasteiger partial charge on any atom is 0.430 e. The summed E-state index contributed by atoms with van der Waals surface area (Å²) in [4.78, 5) is 40.3. The van der Waals surface area contributed by atoms with Crippen molar-refractivity contribution in [3.05, 3.63) is 22.7 Å². The van der Waals surface area contributed by atoms with Gasteiger partial charge in [-0.3, -0.25) is 4.79 Å². The molecule has 1 amide bonds. The third-order valence-electron chi connectivity index (χ3n) is 3.73. The fourth-order valence-electron chi connectivity index (χ4n) is 2.67. The van der Waals surface area contributed by atoms with Gasteiger partial charge in [0.1, 0.15) is 0 Å². The molecule has 10 nitrogen and oxygen atoms in total. The van der Waals surface area contributed by atoms with E-state index < -0.39 is 23.4 Å². The van der Waals surface area contributed by atoms with E-state index in [9.17, 15) is 19.8 Å². The van der Waals surface area contributed by atoms with Gasteiger partial charge >= 0.3 is 17.6 Å². The van der Waals surface area contributed by atoms with E-state index >= 15 is 0 Å². The Balaban J connectivity index is 3.59. The molecule has 0 aliphatic rings. The van der Waals surface area contributed by atoms with E-state index in [1.165, 1.54) is 26.4 Å². The lowest BCUT2D eigenvalue weighted by molar-refractivity contribution is -0.168. The third kappa shape index (κ3) is 4.88. The van der Waals surface area contributed by atoms with Crippen molar-refractivity contribution in [2.75, 3.05) is 27.4 Å². The molecule has 28 heavy (non-hydrogen) atoms. The third-order valence-corrected chi connectivity index (χ3v) is 3.73. The monoisotopic (exact) mass is 394 g/mol. The van der Waals surface area contributed by atoms with Gasteiger partial charge in [0.15, 0.2) is 10.7 Å². The molecular formula is C18H24N3O7+. The summed E-state index contributed by atoms with van der Waals surface area (Å²) < 4.78 is 20.4. The molecule has 1 aromatic carbocycles. The molecule has 0 radical (unpaired) electrons. The maximum atomic E-state index is 12.7. The number of ether oxygens (including phenoxy) is 4. The van der Waals surface area contributed by atoms with Crippen LogP contribution in [0.3, 0.4) is 0 Å². The van der Waals surface area contributed by atoms with Crippen LogP contribution < -0.4 is 14.8 Å². The second kappa shape index (κ2) is 10.1. The lowest BCUT2D eigenvalue weighted by Gasteiger charge is -2.29. The second-order valence-corrected chi connectivity index (χ2v) is 5.65. The van der Waals surface area contributed by atoms with Gasteiger partial charge < -0.3 is 24.3 Å². The van der Waals surface area contributed by atoms with Gasteiger partial charge in [-0.15, -0.1) is 0 Å². The van der Waals surface area contributed by atoms with Crippen LogP contribution in [0.4, 0.5) is 5.69 Å². The highest BCUT2D eigenvalue weighted by Gasteiger charge is 2.50. The van der Waals surface area contributed by atoms with Crippen LogP contribution in [0.5, 0.6) is 11.5 Å². The van der Waals surface area contributed by atoms with Crippen molar-refractivity contribution in [2.24, 2.45) is 0 Å². The summed E-state index contributed by atoms with van der Waals surface area (Å²) in [6.07, 6.45) is -0.326. The molecule has 0 aliphatic heterocycles. The number of nitrogens with zero attached hydrogens (tertiary/aromatic N) is 2. The highest BCUT2D eigenvalue weighted by Crippen LogP contribution is 2.39. The molecule has 0 atom stereocenters. The van der Waals surface area contributed by atoms with Crippen LogP contribution >= 0.6 is 0 Å². The lowest BCUT2D eigenvalue weighted by atomic mass is 9.89. The average Bonchev–Trinajstić information content (AvgIpc) is 2.66. The fraction of sp³-hybridized carbons (Fsp3) is 0.500. The fourth-order valence-corrected chi connectivity index (χ4v) is 2.67. The zero-order chi connectivity index (χ0) is 21.3. The molecule has 0 heterocycles. The molecule has 152 valence electrons. The molecule has 0 spiro atoms. The summed E-state index contributed by atoms with van der Waals surface area (Å²) in [5.41, 5.74) is -1.77. The standard InChI is InChI=1S/C18H23N3O7/c1-6-27-16(23)18(20-11(3)22,17(24)28-7-2)10-12-8-13(21-19)15(26-5)14(9-12)25-4/h8-9H,6-7,10H2,1-5H3/p+1. The van der Waals surface area contributed by atoms with Crippen molar-refractivity contribution in [2.45, 2.75) is 32.7 Å². The Bertz CT molecular complexity index is 768. The van der Waals surface area contributed by atoms with E-state index in [2.05, 4.69) is 10.3 Å². The minimum Gasteiger partial charge on any atom is -0.493 e. The largest absolute Gasteiger partial charge is 0.493 e. The van der Waals surface area contributed by atoms with Crippen LogP contribution in [0, 0.1) is 5.39 Å². The topological polar surface area (TPSA) is 128 Å². The normalized spacial score (nSPS) is 10.4. The molecule has 0 saturated heterocycles. The predicted octanol–water partition coefficient (Wildman–Crippen LogP) is 1.73. The minimum absolute atomic E-state index is 0.0112. The number of benzene rings is 1. The Morgan fingerprint density at radius 3 is 2.04 bits per heavy atom. The lowest BCUT2D eigenvalue weighted by Crippen LogP contribution is -2.62. The summed E-state index contributed by atoms with van der Waals surface area (Å²) in [6, 6.07) is 2.87. The first-order valence-corrected chi connectivity index (χ1v) is 8.52. The molecule has 1 N–H and O–H groups in total. The summed E-state index contributed by atoms with van der Waals surface area (Å²) in [5.74, 6) is -2.21. The van der Waals surface area contributed by atoms with Gasteiger partial charge in [-0.2, -0.15) is 0 Å². The van der Waals surface area contributed by atoms with E-state index in [4.69, 9.17) is 18.9 Å². The Kier molecular flexibility index (Phi) is 8.19. The molecule has 1 rings (SSSR count). The van der Waals surface area contributed by atoms with Crippen molar-refractivity contribution in [1.82, 2.24) is 5.32 Å². The molecule has 10 heteroatoms. The van der Waals surface area contributed by atoms with Gasteiger partial charge in [-0.25, -0.2) is 9.59 Å². The Morgan fingerprint density at radius 1 is 1.07 bits per heavy atom. The van der Waals surface area contributed by atoms with Crippen molar-refractivity contribution in [1.29, 1.82) is 5.39 Å². The van der Waals surface area contributed by atoms with Crippen LogP contribution in [0.15, 0.2) is 12.1 Å². The van der Waals surface area contributed by atoms with Gasteiger partial charge in [0, 0.05) is 19.4 Å². The number of methoxy groups -OCH3 is 2. The van der Waals surface area contributed by atoms with Crippen LogP contribution in [-0.2, 0) is 30.3 Å². The van der Waals surface area contributed by atoms with Crippen LogP contribution in [0.2, 0.25) is 0 Å². The van der Waals surface area contributed by atoms with Crippen molar-refractivity contribution in [3.8, 4) is 11.5 Å². The van der Waals surface area contributed by atoms with Crippen molar-refractivity contribution < 1.29 is 33.3 Å². The first kappa shape index (κ1) is 22.7. The highest BCUT2D eigenvalue weighted by molar-refractivity contribution is 6.08. The number of esters is 2. The number of carbonyl (C=O) groups is 3. The van der Waals surface area contributed by atoms with E-state index in [0.717, 1.165) is 6.92 Å². The maximum absolute atomic E-state index is 12.7. The second-order valence-electron chi connectivity index (χ2n) is 5.65. The van der Waals surface area contributed by atoms with E-state index in [1.54, 1.807) is 13.8 Å². The number of hydrogen-bond acceptors (Lipinski definition) is 8. The Labute approximate surface area is 162 Å². The molecule has 0 aromatic heterocycles. The Hall–Kier alpha value is -3.35. The molecule has 1 aromatic rings. The van der Waals surface area contributed by atoms with Gasteiger partial charge in [-0.1, -0.05) is 0 Å². The van der Waals surface area contributed by atoms with Gasteiger partial charge in [0.05, 0.1) is 27.4 Å². The minimum atomic E-state index is -2.12. The zero-order valence-corrected chi connectivity index (χ0v) is 16.5. The molecule has 0 bridgehead atoms. The molecule has 0 fully saturated rings. The van der Waals surface area contributed by atoms with Crippen molar-refractivity contribution >= 4 is 23.5 Å². The van der Waals surface area contributed by atoms with E-state index in [-0.39, 0.29) is 36.8 Å². The van der Waals surface area contributed by atoms with Crippen molar-refractivity contribution in [3.63, 3.8) is 0 Å². The smallest absolute Gasteiger partial charge is 0.430 e. The van der Waals surface area contributed by atoms with Crippen LogP contribution in [0.1, 0.15) is 26.3 Å². The molecule has 0 unspecified atom stereocenters. The number of diazo groups is 1. The average molecular weight is 394 g/mol. The molecule has 0 saturated carbocycles. The number of hydrogen-bond donors (Lipinski definition) is 1. The summed E-state index contributed by atoms with van der Waals surface area (Å²) >= 11 is 0. The summed E-state index contributed by atoms with van der Waals surface area (Å²) in [5, 5.41) is 11.6. The number of amides is 1. The predicted molar refractivity (Wildman–Crippen MR) is 97.8 cm³/mol. The number of carbonyl (C=O) groups excluding carboxylic acids is 3. The zero-order valence-electron chi connectivity index (χ0n) is 16.5.